The first-order valence-corrected chi connectivity index (χ1v) is 6.87. The predicted octanol–water partition coefficient (Wildman–Crippen LogP) is -1.52. The van der Waals surface area contributed by atoms with Crippen molar-refractivity contribution < 1.29 is 20.1 Å². The summed E-state index contributed by atoms with van der Waals surface area (Å²) in [5, 5.41) is 28.6. The molecule has 118 valence electrons. The Hall–Kier alpha value is -1.48. The molecule has 1 fully saturated rings. The van der Waals surface area contributed by atoms with Crippen LogP contribution in [0.4, 0.5) is 0 Å². The Balaban J connectivity index is 2.31. The zero-order chi connectivity index (χ0) is 15.6. The molecule has 4 N–H and O–H groups in total. The molecule has 0 saturated carbocycles. The average Bonchev–Trinajstić information content (AvgIpc) is 2.77. The van der Waals surface area contributed by atoms with Gasteiger partial charge < -0.3 is 20.1 Å². The minimum absolute atomic E-state index is 0.0241. The van der Waals surface area contributed by atoms with Crippen LogP contribution < -0.4 is 11.2 Å². The van der Waals surface area contributed by atoms with Crippen LogP contribution in [-0.4, -0.2) is 50.3 Å². The summed E-state index contributed by atoms with van der Waals surface area (Å²) in [6, 6.07) is 0. The fraction of sp³-hybridized carbons (Fsp3) is 0.692. The number of nitrogens with one attached hydrogen (secondary N) is 1. The van der Waals surface area contributed by atoms with Crippen molar-refractivity contribution in [2.45, 2.75) is 38.2 Å². The molecule has 2 rings (SSSR count). The Labute approximate surface area is 120 Å². The van der Waals surface area contributed by atoms with E-state index in [2.05, 4.69) is 4.98 Å². The maximum Gasteiger partial charge on any atom is 0.330 e. The molecule has 4 atom stereocenters. The van der Waals surface area contributed by atoms with Gasteiger partial charge in [-0.1, -0.05) is 0 Å². The fourth-order valence-corrected chi connectivity index (χ4v) is 2.66. The molecule has 8 heteroatoms. The van der Waals surface area contributed by atoms with Gasteiger partial charge in [0, 0.05) is 24.3 Å². The zero-order valence-electron chi connectivity index (χ0n) is 11.7. The second kappa shape index (κ2) is 6.52. The quantitative estimate of drug-likeness (QED) is 0.524. The number of hydrogen-bond acceptors (Lipinski definition) is 6. The number of nitrogens with zero attached hydrogens (tertiary/aromatic N) is 1. The highest BCUT2D eigenvalue weighted by Crippen LogP contribution is 2.35. The molecular formula is C13H20N2O6. The third kappa shape index (κ3) is 3.08. The van der Waals surface area contributed by atoms with E-state index in [0.29, 0.717) is 18.4 Å². The van der Waals surface area contributed by atoms with Gasteiger partial charge >= 0.3 is 5.69 Å². The first-order valence-electron chi connectivity index (χ1n) is 6.87. The van der Waals surface area contributed by atoms with Crippen molar-refractivity contribution in [3.63, 3.8) is 0 Å². The minimum atomic E-state index is -1.00. The van der Waals surface area contributed by atoms with Gasteiger partial charge in [0.15, 0.2) is 6.23 Å². The molecule has 0 amide bonds. The Bertz CT molecular complexity index is 595. The third-order valence-corrected chi connectivity index (χ3v) is 3.82. The molecule has 21 heavy (non-hydrogen) atoms. The number of aromatic amines is 1. The number of ether oxygens (including phenoxy) is 1. The summed E-state index contributed by atoms with van der Waals surface area (Å²) in [5.74, 6) is -0.383. The smallest absolute Gasteiger partial charge is 0.330 e. The first kappa shape index (κ1) is 15.9. The lowest BCUT2D eigenvalue weighted by molar-refractivity contribution is -0.0537. The SMILES string of the molecule is Cc1cn([C@@H]2O[C@H](CO)[C@@H](CCCO)[C@H]2O)c(=O)[nH]c1=O. The van der Waals surface area contributed by atoms with Crippen LogP contribution in [0, 0.1) is 12.8 Å². The van der Waals surface area contributed by atoms with E-state index in [1.54, 1.807) is 6.92 Å². The van der Waals surface area contributed by atoms with Crippen molar-refractivity contribution in [1.29, 1.82) is 0 Å². The number of H-pyrrole nitrogens is 1. The third-order valence-electron chi connectivity index (χ3n) is 3.82. The molecule has 2 heterocycles. The lowest BCUT2D eigenvalue weighted by Crippen LogP contribution is -2.37. The molecule has 0 spiro atoms. The van der Waals surface area contributed by atoms with E-state index in [0.717, 1.165) is 4.57 Å². The molecule has 8 nitrogen and oxygen atoms in total. The number of aliphatic hydroxyl groups excluding tert-OH is 3. The van der Waals surface area contributed by atoms with Crippen LogP contribution in [0.1, 0.15) is 24.6 Å². The zero-order valence-corrected chi connectivity index (χ0v) is 11.7. The lowest BCUT2D eigenvalue weighted by atomic mass is 9.93. The van der Waals surface area contributed by atoms with E-state index >= 15 is 0 Å². The molecule has 1 aliphatic heterocycles. The van der Waals surface area contributed by atoms with Crippen LogP contribution in [0.15, 0.2) is 15.8 Å². The maximum absolute atomic E-state index is 11.9. The summed E-state index contributed by atoms with van der Waals surface area (Å²) < 4.78 is 6.68. The summed E-state index contributed by atoms with van der Waals surface area (Å²) in [4.78, 5) is 25.4. The summed E-state index contributed by atoms with van der Waals surface area (Å²) in [6.07, 6.45) is -0.316. The average molecular weight is 300 g/mol. The summed E-state index contributed by atoms with van der Waals surface area (Å²) >= 11 is 0. The van der Waals surface area contributed by atoms with E-state index in [1.807, 2.05) is 0 Å². The van der Waals surface area contributed by atoms with Gasteiger partial charge in [-0.05, 0) is 19.8 Å². The van der Waals surface area contributed by atoms with Gasteiger partial charge in [-0.3, -0.25) is 14.3 Å². The number of hydrogen-bond donors (Lipinski definition) is 4. The minimum Gasteiger partial charge on any atom is -0.396 e. The van der Waals surface area contributed by atoms with E-state index in [1.165, 1.54) is 6.20 Å². The normalized spacial score (nSPS) is 29.0. The van der Waals surface area contributed by atoms with E-state index in [-0.39, 0.29) is 19.1 Å². The van der Waals surface area contributed by atoms with Gasteiger partial charge in [0.2, 0.25) is 0 Å². The van der Waals surface area contributed by atoms with Crippen molar-refractivity contribution in [3.05, 3.63) is 32.6 Å². The molecule has 0 radical (unpaired) electrons. The topological polar surface area (TPSA) is 125 Å². The standard InChI is InChI=1S/C13H20N2O6/c1-7-5-15(13(20)14-11(7)19)12-10(18)8(3-2-4-16)9(6-17)21-12/h5,8-10,12,16-18H,2-4,6H2,1H3,(H,14,19,20)/t8-,9-,10-,12-/m1/s1. The Kier molecular flexibility index (Phi) is 4.94. The van der Waals surface area contributed by atoms with Crippen molar-refractivity contribution >= 4 is 0 Å². The molecule has 1 aromatic heterocycles. The van der Waals surface area contributed by atoms with Crippen molar-refractivity contribution in [2.24, 2.45) is 5.92 Å². The second-order valence-corrected chi connectivity index (χ2v) is 5.25. The first-order chi connectivity index (χ1) is 9.99. The monoisotopic (exact) mass is 300 g/mol. The molecule has 0 aromatic carbocycles. The summed E-state index contributed by atoms with van der Waals surface area (Å²) in [7, 11) is 0. The van der Waals surface area contributed by atoms with Crippen LogP contribution in [0.2, 0.25) is 0 Å². The largest absolute Gasteiger partial charge is 0.396 e. The molecule has 0 unspecified atom stereocenters. The number of aromatic nitrogens is 2. The van der Waals surface area contributed by atoms with Crippen LogP contribution >= 0.6 is 0 Å². The van der Waals surface area contributed by atoms with Gasteiger partial charge in [0.05, 0.1) is 12.7 Å². The van der Waals surface area contributed by atoms with Crippen LogP contribution in [0.25, 0.3) is 0 Å². The molecule has 1 aromatic rings. The molecule has 1 aliphatic rings. The van der Waals surface area contributed by atoms with Crippen molar-refractivity contribution in [2.75, 3.05) is 13.2 Å². The van der Waals surface area contributed by atoms with Gasteiger partial charge in [-0.25, -0.2) is 4.79 Å². The predicted molar refractivity (Wildman–Crippen MR) is 72.9 cm³/mol. The number of rotatable bonds is 5. The highest BCUT2D eigenvalue weighted by Gasteiger charge is 2.44. The van der Waals surface area contributed by atoms with Gasteiger partial charge in [0.1, 0.15) is 6.10 Å². The Morgan fingerprint density at radius 3 is 2.71 bits per heavy atom. The van der Waals surface area contributed by atoms with Crippen molar-refractivity contribution in [3.8, 4) is 0 Å². The van der Waals surface area contributed by atoms with Crippen LogP contribution in [0.5, 0.6) is 0 Å². The summed E-state index contributed by atoms with van der Waals surface area (Å²) in [6.45, 7) is 1.23. The van der Waals surface area contributed by atoms with Gasteiger partial charge in [-0.15, -0.1) is 0 Å². The highest BCUT2D eigenvalue weighted by atomic mass is 16.5. The Morgan fingerprint density at radius 2 is 2.10 bits per heavy atom. The van der Waals surface area contributed by atoms with E-state index < -0.39 is 29.7 Å². The maximum atomic E-state index is 11.9. The highest BCUT2D eigenvalue weighted by molar-refractivity contribution is 5.03. The molecular weight excluding hydrogens is 280 g/mol. The molecule has 0 aliphatic carbocycles. The fourth-order valence-electron chi connectivity index (χ4n) is 2.66. The summed E-state index contributed by atoms with van der Waals surface area (Å²) in [5.41, 5.74) is -0.835. The Morgan fingerprint density at radius 1 is 1.38 bits per heavy atom. The number of aliphatic hydroxyl groups is 3. The lowest BCUT2D eigenvalue weighted by Gasteiger charge is -2.19. The van der Waals surface area contributed by atoms with Crippen molar-refractivity contribution in [1.82, 2.24) is 9.55 Å². The van der Waals surface area contributed by atoms with E-state index in [9.17, 15) is 19.8 Å². The molecule has 0 bridgehead atoms. The number of aryl methyl sites for hydroxylation is 1. The van der Waals surface area contributed by atoms with E-state index in [4.69, 9.17) is 9.84 Å². The van der Waals surface area contributed by atoms with Crippen LogP contribution in [0.3, 0.4) is 0 Å². The van der Waals surface area contributed by atoms with Crippen LogP contribution in [-0.2, 0) is 4.74 Å². The van der Waals surface area contributed by atoms with Gasteiger partial charge in [0.25, 0.3) is 5.56 Å². The van der Waals surface area contributed by atoms with Gasteiger partial charge in [-0.2, -0.15) is 0 Å². The molecule has 1 saturated heterocycles. The second-order valence-electron chi connectivity index (χ2n) is 5.25.